The Kier molecular flexibility index (Phi) is 7.67. The zero-order valence-corrected chi connectivity index (χ0v) is 23.2. The summed E-state index contributed by atoms with van der Waals surface area (Å²) in [6.07, 6.45) is 2.01. The molecule has 0 aliphatic carbocycles. The minimum Gasteiger partial charge on any atom is -0.497 e. The maximum Gasteiger partial charge on any atom is 0.253 e. The van der Waals surface area contributed by atoms with Crippen LogP contribution in [-0.2, 0) is 16.8 Å². The monoisotopic (exact) mass is 532 g/mol. The second-order valence-electron chi connectivity index (χ2n) is 10.9. The first-order valence-corrected chi connectivity index (χ1v) is 13.2. The van der Waals surface area contributed by atoms with E-state index in [2.05, 4.69) is 31.5 Å². The van der Waals surface area contributed by atoms with E-state index in [1.807, 2.05) is 63.2 Å². The highest BCUT2D eigenvalue weighted by Gasteiger charge is 2.35. The van der Waals surface area contributed by atoms with Crippen molar-refractivity contribution >= 4 is 10.9 Å². The second kappa shape index (κ2) is 11.2. The topological polar surface area (TPSA) is 107 Å². The first-order valence-electron chi connectivity index (χ1n) is 13.2. The average Bonchev–Trinajstić information content (AvgIpc) is 3.61. The molecule has 4 aromatic rings. The lowest BCUT2D eigenvalue weighted by Crippen LogP contribution is -2.40. The molecule has 1 aliphatic heterocycles. The Morgan fingerprint density at radius 1 is 1.13 bits per heavy atom. The molecule has 1 fully saturated rings. The van der Waals surface area contributed by atoms with Crippen LogP contribution in [0.15, 0.2) is 53.3 Å². The molecule has 206 valence electrons. The van der Waals surface area contributed by atoms with Crippen molar-refractivity contribution < 1.29 is 14.2 Å². The Bertz CT molecular complexity index is 1490. The SMILES string of the molecule is COc1cccc(CN(CC2CCCO2)C(c2cc3cc(OC)ccc3[nH]c2=O)c2nnnn2C(C)(C)C)c1. The van der Waals surface area contributed by atoms with Gasteiger partial charge in [0.2, 0.25) is 0 Å². The predicted molar refractivity (Wildman–Crippen MR) is 148 cm³/mol. The maximum absolute atomic E-state index is 13.7. The second-order valence-corrected chi connectivity index (χ2v) is 10.9. The fourth-order valence-electron chi connectivity index (χ4n) is 5.19. The fraction of sp³-hybridized carbons (Fsp3) is 0.448. The van der Waals surface area contributed by atoms with Crippen LogP contribution in [0.1, 0.15) is 56.6 Å². The van der Waals surface area contributed by atoms with Gasteiger partial charge in [0.1, 0.15) is 17.5 Å². The van der Waals surface area contributed by atoms with Crippen LogP contribution in [0.5, 0.6) is 11.5 Å². The minimum absolute atomic E-state index is 0.0386. The summed E-state index contributed by atoms with van der Waals surface area (Å²) in [6.45, 7) is 8.02. The van der Waals surface area contributed by atoms with Crippen LogP contribution in [0.2, 0.25) is 0 Å². The summed E-state index contributed by atoms with van der Waals surface area (Å²) < 4.78 is 18.8. The van der Waals surface area contributed by atoms with E-state index in [-0.39, 0.29) is 11.7 Å². The van der Waals surface area contributed by atoms with Crippen molar-refractivity contribution in [2.24, 2.45) is 0 Å². The molecule has 0 amide bonds. The van der Waals surface area contributed by atoms with Crippen molar-refractivity contribution in [3.05, 3.63) is 75.8 Å². The number of rotatable bonds is 9. The van der Waals surface area contributed by atoms with Crippen molar-refractivity contribution in [3.8, 4) is 11.5 Å². The zero-order chi connectivity index (χ0) is 27.6. The number of aromatic nitrogens is 5. The van der Waals surface area contributed by atoms with Gasteiger partial charge in [0, 0.05) is 36.2 Å². The Hall–Kier alpha value is -3.76. The lowest BCUT2D eigenvalue weighted by atomic mass is 10.00. The van der Waals surface area contributed by atoms with Crippen LogP contribution in [-0.4, -0.2) is 63.6 Å². The molecule has 10 nitrogen and oxygen atoms in total. The Balaban J connectivity index is 1.70. The van der Waals surface area contributed by atoms with E-state index < -0.39 is 11.6 Å². The van der Waals surface area contributed by atoms with Crippen molar-refractivity contribution in [1.29, 1.82) is 0 Å². The van der Waals surface area contributed by atoms with Gasteiger partial charge in [-0.05, 0) is 86.0 Å². The number of fused-ring (bicyclic) bond motifs is 1. The smallest absolute Gasteiger partial charge is 0.253 e. The number of nitrogens with zero attached hydrogens (tertiary/aromatic N) is 5. The summed E-state index contributed by atoms with van der Waals surface area (Å²) in [5.41, 5.74) is 1.74. The highest BCUT2D eigenvalue weighted by atomic mass is 16.5. The van der Waals surface area contributed by atoms with Gasteiger partial charge in [0.05, 0.1) is 25.9 Å². The third-order valence-electron chi connectivity index (χ3n) is 7.10. The van der Waals surface area contributed by atoms with Crippen molar-refractivity contribution in [3.63, 3.8) is 0 Å². The largest absolute Gasteiger partial charge is 0.497 e. The molecule has 0 radical (unpaired) electrons. The maximum atomic E-state index is 13.7. The Morgan fingerprint density at radius 3 is 2.64 bits per heavy atom. The van der Waals surface area contributed by atoms with E-state index in [9.17, 15) is 4.79 Å². The number of tetrazole rings is 1. The molecule has 10 heteroatoms. The predicted octanol–water partition coefficient (Wildman–Crippen LogP) is 4.06. The lowest BCUT2D eigenvalue weighted by Gasteiger charge is -2.34. The van der Waals surface area contributed by atoms with Gasteiger partial charge in [-0.1, -0.05) is 12.1 Å². The molecule has 5 rings (SSSR count). The van der Waals surface area contributed by atoms with E-state index in [1.54, 1.807) is 18.9 Å². The number of H-pyrrole nitrogens is 1. The van der Waals surface area contributed by atoms with Gasteiger partial charge >= 0.3 is 0 Å². The standard InChI is InChI=1S/C29H36N6O4/c1-29(2,3)35-27(31-32-33-35)26(24-16-20-15-22(38-5)11-12-25(20)30-28(24)36)34(18-23-10-7-13-39-23)17-19-8-6-9-21(14-19)37-4/h6,8-9,11-12,14-16,23,26H,7,10,13,17-18H2,1-5H3,(H,30,36). The molecule has 2 atom stereocenters. The number of nitrogens with one attached hydrogen (secondary N) is 1. The molecule has 3 heterocycles. The molecule has 2 aromatic heterocycles. The van der Waals surface area contributed by atoms with E-state index in [4.69, 9.17) is 14.2 Å². The van der Waals surface area contributed by atoms with Crippen LogP contribution in [0, 0.1) is 0 Å². The van der Waals surface area contributed by atoms with Crippen molar-refractivity contribution in [2.75, 3.05) is 27.4 Å². The Labute approximate surface area is 227 Å². The van der Waals surface area contributed by atoms with E-state index in [1.165, 1.54) is 0 Å². The third-order valence-corrected chi connectivity index (χ3v) is 7.10. The number of ether oxygens (including phenoxy) is 3. The van der Waals surface area contributed by atoms with Gasteiger partial charge < -0.3 is 19.2 Å². The average molecular weight is 533 g/mol. The normalized spacial score (nSPS) is 16.6. The summed E-state index contributed by atoms with van der Waals surface area (Å²) >= 11 is 0. The summed E-state index contributed by atoms with van der Waals surface area (Å²) in [6, 6.07) is 15.0. The molecule has 0 bridgehead atoms. The number of hydrogen-bond acceptors (Lipinski definition) is 8. The van der Waals surface area contributed by atoms with Crippen LogP contribution >= 0.6 is 0 Å². The minimum atomic E-state index is -0.547. The van der Waals surface area contributed by atoms with Crippen LogP contribution < -0.4 is 15.0 Å². The highest BCUT2D eigenvalue weighted by molar-refractivity contribution is 5.80. The molecule has 39 heavy (non-hydrogen) atoms. The summed E-state index contributed by atoms with van der Waals surface area (Å²) in [5, 5.41) is 13.8. The molecule has 0 saturated carbocycles. The molecular formula is C29H36N6O4. The molecule has 2 unspecified atom stereocenters. The van der Waals surface area contributed by atoms with Crippen molar-refractivity contribution in [1.82, 2.24) is 30.1 Å². The van der Waals surface area contributed by atoms with Gasteiger partial charge in [-0.25, -0.2) is 4.68 Å². The van der Waals surface area contributed by atoms with Gasteiger partial charge in [0.15, 0.2) is 5.82 Å². The molecule has 0 spiro atoms. The summed E-state index contributed by atoms with van der Waals surface area (Å²) in [4.78, 5) is 19.1. The number of benzene rings is 2. The summed E-state index contributed by atoms with van der Waals surface area (Å²) in [5.74, 6) is 2.08. The van der Waals surface area contributed by atoms with Gasteiger partial charge in [0.25, 0.3) is 5.56 Å². The highest BCUT2D eigenvalue weighted by Crippen LogP contribution is 2.33. The molecular weight excluding hydrogens is 496 g/mol. The van der Waals surface area contributed by atoms with Crippen LogP contribution in [0.4, 0.5) is 0 Å². The molecule has 2 aromatic carbocycles. The third kappa shape index (κ3) is 5.81. The van der Waals surface area contributed by atoms with Gasteiger partial charge in [-0.15, -0.1) is 5.10 Å². The quantitative estimate of drug-likeness (QED) is 0.344. The van der Waals surface area contributed by atoms with Gasteiger partial charge in [-0.3, -0.25) is 9.69 Å². The first kappa shape index (κ1) is 26.8. The van der Waals surface area contributed by atoms with E-state index >= 15 is 0 Å². The number of pyridine rings is 1. The molecule has 1 aliphatic rings. The number of hydrogen-bond donors (Lipinski definition) is 1. The number of aromatic amines is 1. The molecule has 1 saturated heterocycles. The fourth-order valence-corrected chi connectivity index (χ4v) is 5.19. The lowest BCUT2D eigenvalue weighted by molar-refractivity contribution is 0.0564. The zero-order valence-electron chi connectivity index (χ0n) is 23.2. The number of methoxy groups -OCH3 is 2. The van der Waals surface area contributed by atoms with Crippen LogP contribution in [0.25, 0.3) is 10.9 Å². The summed E-state index contributed by atoms with van der Waals surface area (Å²) in [7, 11) is 3.29. The van der Waals surface area contributed by atoms with E-state index in [0.29, 0.717) is 30.2 Å². The van der Waals surface area contributed by atoms with E-state index in [0.717, 1.165) is 41.7 Å². The molecule has 1 N–H and O–H groups in total. The van der Waals surface area contributed by atoms with Crippen LogP contribution in [0.3, 0.4) is 0 Å². The first-order chi connectivity index (χ1) is 18.8. The Morgan fingerprint density at radius 2 is 1.92 bits per heavy atom. The van der Waals surface area contributed by atoms with Crippen molar-refractivity contribution in [2.45, 2.75) is 57.8 Å². The van der Waals surface area contributed by atoms with Gasteiger partial charge in [-0.2, -0.15) is 0 Å².